The highest BCUT2D eigenvalue weighted by Gasteiger charge is 2.29. The molecule has 4 rings (SSSR count). The highest BCUT2D eigenvalue weighted by molar-refractivity contribution is 6.16. The second-order valence-corrected chi connectivity index (χ2v) is 7.82. The van der Waals surface area contributed by atoms with Crippen molar-refractivity contribution in [3.05, 3.63) is 89.0 Å². The summed E-state index contributed by atoms with van der Waals surface area (Å²) in [4.78, 5) is 40.2. The monoisotopic (exact) mass is 428 g/mol. The maximum atomic E-state index is 13.4. The number of carbonyl (C=O) groups is 3. The van der Waals surface area contributed by atoms with Gasteiger partial charge >= 0.3 is 5.97 Å². The number of rotatable bonds is 5. The molecule has 6 nitrogen and oxygen atoms in total. The Bertz CT molecular complexity index is 1190. The second-order valence-electron chi connectivity index (χ2n) is 7.82. The fourth-order valence-corrected chi connectivity index (χ4v) is 4.28. The lowest BCUT2D eigenvalue weighted by molar-refractivity contribution is -0.106. The number of benzene rings is 3. The zero-order valence-corrected chi connectivity index (χ0v) is 18.2. The van der Waals surface area contributed by atoms with E-state index in [1.54, 1.807) is 18.2 Å². The summed E-state index contributed by atoms with van der Waals surface area (Å²) in [5.74, 6) is -0.908. The fraction of sp³-hybridized carbons (Fsp3) is 0.192. The molecule has 1 heterocycles. The van der Waals surface area contributed by atoms with Gasteiger partial charge in [-0.2, -0.15) is 0 Å². The van der Waals surface area contributed by atoms with Crippen molar-refractivity contribution in [1.82, 2.24) is 0 Å². The van der Waals surface area contributed by atoms with E-state index in [-0.39, 0.29) is 6.04 Å². The van der Waals surface area contributed by atoms with Crippen molar-refractivity contribution >= 4 is 35.3 Å². The van der Waals surface area contributed by atoms with E-state index in [1.165, 1.54) is 24.8 Å². The van der Waals surface area contributed by atoms with Gasteiger partial charge < -0.3 is 9.64 Å². The third-order valence-electron chi connectivity index (χ3n) is 5.89. The van der Waals surface area contributed by atoms with Crippen LogP contribution in [0.3, 0.4) is 0 Å². The van der Waals surface area contributed by atoms with Crippen LogP contribution in [0.4, 0.5) is 17.1 Å². The number of methoxy groups -OCH3 is 1. The molecule has 1 unspecified atom stereocenters. The zero-order chi connectivity index (χ0) is 22.8. The molecule has 6 heteroatoms. The van der Waals surface area contributed by atoms with Gasteiger partial charge in [-0.15, -0.1) is 0 Å². The lowest BCUT2D eigenvalue weighted by Crippen LogP contribution is -2.31. The molecule has 1 aliphatic heterocycles. The summed E-state index contributed by atoms with van der Waals surface area (Å²) in [7, 11) is 1.30. The maximum Gasteiger partial charge on any atom is 0.337 e. The molecule has 0 fully saturated rings. The zero-order valence-electron chi connectivity index (χ0n) is 18.2. The number of hydrogen-bond acceptors (Lipinski definition) is 5. The number of esters is 1. The summed E-state index contributed by atoms with van der Waals surface area (Å²) in [6, 6.07) is 20.2. The molecule has 0 spiro atoms. The molecular weight excluding hydrogens is 404 g/mol. The first kappa shape index (κ1) is 21.3. The first-order valence-corrected chi connectivity index (χ1v) is 10.4. The second kappa shape index (κ2) is 8.67. The normalized spacial score (nSPS) is 14.6. The van der Waals surface area contributed by atoms with Crippen LogP contribution in [-0.4, -0.2) is 31.4 Å². The predicted octanol–water partition coefficient (Wildman–Crippen LogP) is 4.67. The number of ether oxygens (including phenoxy) is 1. The average molecular weight is 428 g/mol. The van der Waals surface area contributed by atoms with E-state index in [2.05, 4.69) is 24.0 Å². The Morgan fingerprint density at radius 1 is 1.00 bits per heavy atom. The molecule has 1 aliphatic rings. The quantitative estimate of drug-likeness (QED) is 0.437. The average Bonchev–Trinajstić information content (AvgIpc) is 3.15. The lowest BCUT2D eigenvalue weighted by Gasteiger charge is -2.28. The number of hydrogen-bond donors (Lipinski definition) is 0. The molecule has 0 saturated carbocycles. The van der Waals surface area contributed by atoms with Crippen LogP contribution in [0.2, 0.25) is 0 Å². The smallest absolute Gasteiger partial charge is 0.337 e. The summed E-state index contributed by atoms with van der Waals surface area (Å²) in [5, 5.41) is 0. The van der Waals surface area contributed by atoms with Gasteiger partial charge in [0.05, 0.1) is 18.4 Å². The molecule has 0 saturated heterocycles. The molecule has 0 radical (unpaired) electrons. The Morgan fingerprint density at radius 2 is 1.69 bits per heavy atom. The Hall–Kier alpha value is -3.93. The molecule has 2 amide bonds. The van der Waals surface area contributed by atoms with Crippen LogP contribution in [0.1, 0.15) is 38.8 Å². The van der Waals surface area contributed by atoms with Crippen LogP contribution < -0.4 is 9.80 Å². The summed E-state index contributed by atoms with van der Waals surface area (Å²) >= 11 is 0. The predicted molar refractivity (Wildman–Crippen MR) is 124 cm³/mol. The highest BCUT2D eigenvalue weighted by Crippen LogP contribution is 2.40. The van der Waals surface area contributed by atoms with Crippen LogP contribution in [0.25, 0.3) is 0 Å². The minimum absolute atomic E-state index is 0.254. The molecule has 0 bridgehead atoms. The molecule has 0 N–H and O–H groups in total. The van der Waals surface area contributed by atoms with Crippen LogP contribution in [0, 0.1) is 6.92 Å². The van der Waals surface area contributed by atoms with Gasteiger partial charge in [-0.3, -0.25) is 9.59 Å². The number of nitrogens with zero attached hydrogens (tertiary/aromatic N) is 2. The third-order valence-corrected chi connectivity index (χ3v) is 5.89. The molecule has 162 valence electrons. The minimum atomic E-state index is -0.482. The topological polar surface area (TPSA) is 66.9 Å². The standard InChI is InChI=1S/C26H24N2O4/c1-17-15-20-7-4-5-9-24(20)28(17)23-10-6-8-22(18(23)2)25(30)27(16-29)21-13-11-19(12-14-21)26(31)32-3/h4-14,16-17H,15H2,1-3H3. The third kappa shape index (κ3) is 3.64. The number of para-hydroxylation sites is 1. The van der Waals surface area contributed by atoms with Gasteiger partial charge in [0.2, 0.25) is 6.41 Å². The summed E-state index contributed by atoms with van der Waals surface area (Å²) in [6.45, 7) is 4.06. The maximum absolute atomic E-state index is 13.4. The van der Waals surface area contributed by atoms with Crippen molar-refractivity contribution in [2.45, 2.75) is 26.3 Å². The number of anilines is 3. The molecule has 3 aromatic carbocycles. The number of fused-ring (bicyclic) bond motifs is 1. The summed E-state index contributed by atoms with van der Waals surface area (Å²) in [5.41, 5.74) is 5.33. The SMILES string of the molecule is COC(=O)c1ccc(N(C=O)C(=O)c2cccc(N3c4ccccc4CC3C)c2C)cc1. The van der Waals surface area contributed by atoms with Gasteiger partial charge in [-0.25, -0.2) is 9.69 Å². The van der Waals surface area contributed by atoms with Crippen LogP contribution in [0.5, 0.6) is 0 Å². The van der Waals surface area contributed by atoms with Gasteiger partial charge in [0, 0.05) is 23.0 Å². The van der Waals surface area contributed by atoms with Gasteiger partial charge in [0.15, 0.2) is 0 Å². The van der Waals surface area contributed by atoms with E-state index in [0.717, 1.165) is 28.3 Å². The largest absolute Gasteiger partial charge is 0.465 e. The molecule has 0 aliphatic carbocycles. The number of amides is 2. The van der Waals surface area contributed by atoms with Gasteiger partial charge in [0.1, 0.15) is 0 Å². The van der Waals surface area contributed by atoms with Crippen molar-refractivity contribution in [1.29, 1.82) is 0 Å². The van der Waals surface area contributed by atoms with Crippen LogP contribution in [0.15, 0.2) is 66.7 Å². The van der Waals surface area contributed by atoms with Crippen molar-refractivity contribution in [3.63, 3.8) is 0 Å². The van der Waals surface area contributed by atoms with Crippen molar-refractivity contribution in [3.8, 4) is 0 Å². The van der Waals surface area contributed by atoms with E-state index < -0.39 is 11.9 Å². The molecule has 3 aromatic rings. The Balaban J connectivity index is 1.69. The molecule has 1 atom stereocenters. The molecule has 32 heavy (non-hydrogen) atoms. The molecule has 0 aromatic heterocycles. The molecular formula is C26H24N2O4. The number of carbonyl (C=O) groups excluding carboxylic acids is 3. The Labute approximate surface area is 187 Å². The van der Waals surface area contributed by atoms with Crippen molar-refractivity contribution in [2.24, 2.45) is 0 Å². The van der Waals surface area contributed by atoms with Gasteiger partial charge in [0.25, 0.3) is 5.91 Å². The van der Waals surface area contributed by atoms with E-state index in [1.807, 2.05) is 31.2 Å². The van der Waals surface area contributed by atoms with E-state index >= 15 is 0 Å². The Kier molecular flexibility index (Phi) is 5.77. The summed E-state index contributed by atoms with van der Waals surface area (Å²) < 4.78 is 4.70. The van der Waals surface area contributed by atoms with Crippen LogP contribution >= 0.6 is 0 Å². The highest BCUT2D eigenvalue weighted by atomic mass is 16.5. The fourth-order valence-electron chi connectivity index (χ4n) is 4.28. The number of imide groups is 1. The van der Waals surface area contributed by atoms with Crippen molar-refractivity contribution in [2.75, 3.05) is 16.9 Å². The first-order valence-electron chi connectivity index (χ1n) is 10.4. The van der Waals surface area contributed by atoms with E-state index in [9.17, 15) is 14.4 Å². The van der Waals surface area contributed by atoms with Gasteiger partial charge in [-0.1, -0.05) is 24.3 Å². The van der Waals surface area contributed by atoms with Crippen molar-refractivity contribution < 1.29 is 19.1 Å². The van der Waals surface area contributed by atoms with Crippen LogP contribution in [-0.2, 0) is 16.0 Å². The Morgan fingerprint density at radius 3 is 2.38 bits per heavy atom. The first-order chi connectivity index (χ1) is 15.5. The van der Waals surface area contributed by atoms with E-state index in [4.69, 9.17) is 4.74 Å². The summed E-state index contributed by atoms with van der Waals surface area (Å²) in [6.07, 6.45) is 1.43. The van der Waals surface area contributed by atoms with E-state index in [0.29, 0.717) is 23.2 Å². The minimum Gasteiger partial charge on any atom is -0.465 e. The van der Waals surface area contributed by atoms with Gasteiger partial charge in [-0.05, 0) is 73.9 Å². The lowest BCUT2D eigenvalue weighted by atomic mass is 10.0.